The van der Waals surface area contributed by atoms with Crippen molar-refractivity contribution in [2.75, 3.05) is 5.75 Å². The molecule has 0 fully saturated rings. The van der Waals surface area contributed by atoms with Crippen LogP contribution in [0.15, 0.2) is 93.9 Å². The number of thioether (sulfide) groups is 1. The number of para-hydroxylation sites is 1. The summed E-state index contributed by atoms with van der Waals surface area (Å²) in [6.45, 7) is 1.83. The molecule has 0 bridgehead atoms. The predicted molar refractivity (Wildman–Crippen MR) is 130 cm³/mol. The summed E-state index contributed by atoms with van der Waals surface area (Å²) in [7, 11) is 0. The Balaban J connectivity index is 1.52. The normalized spacial score (nSPS) is 11.4. The van der Waals surface area contributed by atoms with E-state index in [-0.39, 0.29) is 11.7 Å². The van der Waals surface area contributed by atoms with Gasteiger partial charge in [0.05, 0.1) is 11.5 Å². The fourth-order valence-corrected chi connectivity index (χ4v) is 3.93. The molecule has 0 atom stereocenters. The third-order valence-corrected chi connectivity index (χ3v) is 5.99. The van der Waals surface area contributed by atoms with Gasteiger partial charge in [0.25, 0.3) is 5.91 Å². The van der Waals surface area contributed by atoms with Gasteiger partial charge in [0.2, 0.25) is 0 Å². The summed E-state index contributed by atoms with van der Waals surface area (Å²) >= 11 is 4.77. The second kappa shape index (κ2) is 10.3. The molecule has 1 amide bonds. The van der Waals surface area contributed by atoms with Crippen LogP contribution in [0, 0.1) is 0 Å². The Bertz CT molecular complexity index is 1230. The number of amides is 1. The molecule has 0 aliphatic carbocycles. The van der Waals surface area contributed by atoms with Crippen molar-refractivity contribution in [3.8, 4) is 17.1 Å². The number of hydrazone groups is 1. The van der Waals surface area contributed by atoms with Crippen LogP contribution in [0.4, 0.5) is 0 Å². The average Bonchev–Trinajstić information content (AvgIpc) is 3.26. The van der Waals surface area contributed by atoms with Gasteiger partial charge in [-0.2, -0.15) is 5.10 Å². The van der Waals surface area contributed by atoms with E-state index in [4.69, 9.17) is 0 Å². The number of hydrogen-bond acceptors (Lipinski definition) is 6. The highest BCUT2D eigenvalue weighted by Gasteiger charge is 2.17. The maximum atomic E-state index is 12.4. The highest BCUT2D eigenvalue weighted by molar-refractivity contribution is 9.10. The van der Waals surface area contributed by atoms with Gasteiger partial charge in [-0.05, 0) is 43.3 Å². The van der Waals surface area contributed by atoms with Crippen LogP contribution < -0.4 is 5.43 Å². The SMILES string of the molecule is C/C(=N\NC(=O)CSc1nnc(-c2ccc(Br)cc2)n1-c1ccccc1)c1ccncc1. The van der Waals surface area contributed by atoms with Gasteiger partial charge in [-0.3, -0.25) is 14.3 Å². The third-order valence-electron chi connectivity index (χ3n) is 4.53. The number of nitrogens with zero attached hydrogens (tertiary/aromatic N) is 5. The van der Waals surface area contributed by atoms with E-state index < -0.39 is 0 Å². The van der Waals surface area contributed by atoms with Gasteiger partial charge < -0.3 is 0 Å². The van der Waals surface area contributed by atoms with Crippen molar-refractivity contribution in [2.24, 2.45) is 5.10 Å². The van der Waals surface area contributed by atoms with Gasteiger partial charge in [-0.15, -0.1) is 10.2 Å². The zero-order valence-electron chi connectivity index (χ0n) is 17.1. The molecule has 0 aliphatic rings. The van der Waals surface area contributed by atoms with Crippen molar-refractivity contribution in [1.82, 2.24) is 25.2 Å². The van der Waals surface area contributed by atoms with E-state index in [1.165, 1.54) is 11.8 Å². The summed E-state index contributed by atoms with van der Waals surface area (Å²) in [5, 5.41) is 13.5. The van der Waals surface area contributed by atoms with E-state index in [2.05, 4.69) is 41.6 Å². The van der Waals surface area contributed by atoms with Crippen LogP contribution in [-0.4, -0.2) is 37.1 Å². The second-order valence-corrected chi connectivity index (χ2v) is 8.60. The molecule has 1 N–H and O–H groups in total. The Morgan fingerprint density at radius 3 is 2.47 bits per heavy atom. The largest absolute Gasteiger partial charge is 0.272 e. The van der Waals surface area contributed by atoms with Gasteiger partial charge in [-0.25, -0.2) is 5.43 Å². The first kappa shape index (κ1) is 21.9. The van der Waals surface area contributed by atoms with Crippen molar-refractivity contribution in [3.05, 3.63) is 89.2 Å². The fraction of sp³-hybridized carbons (Fsp3) is 0.0870. The number of rotatable bonds is 7. The number of carbonyl (C=O) groups is 1. The molecule has 0 aliphatic heterocycles. The molecule has 4 aromatic rings. The maximum Gasteiger partial charge on any atom is 0.250 e. The number of halogens is 1. The molecule has 0 radical (unpaired) electrons. The molecule has 2 heterocycles. The Labute approximate surface area is 198 Å². The highest BCUT2D eigenvalue weighted by atomic mass is 79.9. The Morgan fingerprint density at radius 2 is 1.75 bits per heavy atom. The number of nitrogens with one attached hydrogen (secondary N) is 1. The zero-order valence-corrected chi connectivity index (χ0v) is 19.5. The lowest BCUT2D eigenvalue weighted by Gasteiger charge is -2.10. The fourth-order valence-electron chi connectivity index (χ4n) is 2.93. The van der Waals surface area contributed by atoms with Crippen LogP contribution in [0.1, 0.15) is 12.5 Å². The number of carbonyl (C=O) groups excluding carboxylic acids is 1. The quantitative estimate of drug-likeness (QED) is 0.222. The van der Waals surface area contributed by atoms with Crippen LogP contribution in [0.2, 0.25) is 0 Å². The summed E-state index contributed by atoms with van der Waals surface area (Å²) in [6.07, 6.45) is 3.37. The average molecular weight is 507 g/mol. The first-order chi connectivity index (χ1) is 15.6. The highest BCUT2D eigenvalue weighted by Crippen LogP contribution is 2.28. The number of pyridine rings is 1. The minimum absolute atomic E-state index is 0.151. The van der Waals surface area contributed by atoms with Crippen molar-refractivity contribution >= 4 is 39.3 Å². The predicted octanol–water partition coefficient (Wildman–Crippen LogP) is 4.72. The first-order valence-electron chi connectivity index (χ1n) is 9.75. The minimum atomic E-state index is -0.226. The monoisotopic (exact) mass is 506 g/mol. The lowest BCUT2D eigenvalue weighted by molar-refractivity contribution is -0.118. The molecule has 7 nitrogen and oxygen atoms in total. The lowest BCUT2D eigenvalue weighted by atomic mass is 10.2. The molecule has 9 heteroatoms. The van der Waals surface area contributed by atoms with Gasteiger partial charge >= 0.3 is 0 Å². The second-order valence-electron chi connectivity index (χ2n) is 6.74. The molecule has 2 aromatic heterocycles. The number of benzene rings is 2. The molecule has 0 saturated carbocycles. The molecular formula is C23H19BrN6OS. The minimum Gasteiger partial charge on any atom is -0.272 e. The van der Waals surface area contributed by atoms with E-state index in [0.29, 0.717) is 16.7 Å². The summed E-state index contributed by atoms with van der Waals surface area (Å²) in [6, 6.07) is 21.4. The van der Waals surface area contributed by atoms with E-state index in [9.17, 15) is 4.79 Å². The molecular weight excluding hydrogens is 488 g/mol. The van der Waals surface area contributed by atoms with Crippen LogP contribution in [0.25, 0.3) is 17.1 Å². The van der Waals surface area contributed by atoms with Crippen LogP contribution in [-0.2, 0) is 4.79 Å². The van der Waals surface area contributed by atoms with Crippen molar-refractivity contribution in [2.45, 2.75) is 12.1 Å². The summed E-state index contributed by atoms with van der Waals surface area (Å²) in [4.78, 5) is 16.4. The van der Waals surface area contributed by atoms with Gasteiger partial charge in [0.15, 0.2) is 11.0 Å². The maximum absolute atomic E-state index is 12.4. The summed E-state index contributed by atoms with van der Waals surface area (Å²) in [5.41, 5.74) is 6.05. The molecule has 160 valence electrons. The van der Waals surface area contributed by atoms with E-state index in [1.807, 2.05) is 78.2 Å². The van der Waals surface area contributed by atoms with E-state index in [1.54, 1.807) is 12.4 Å². The van der Waals surface area contributed by atoms with Crippen LogP contribution >= 0.6 is 27.7 Å². The van der Waals surface area contributed by atoms with E-state index >= 15 is 0 Å². The van der Waals surface area contributed by atoms with Crippen LogP contribution in [0.3, 0.4) is 0 Å². The van der Waals surface area contributed by atoms with Gasteiger partial charge in [0.1, 0.15) is 0 Å². The van der Waals surface area contributed by atoms with Crippen molar-refractivity contribution in [3.63, 3.8) is 0 Å². The van der Waals surface area contributed by atoms with Gasteiger partial charge in [0, 0.05) is 33.7 Å². The molecule has 0 unspecified atom stereocenters. The van der Waals surface area contributed by atoms with Gasteiger partial charge in [-0.1, -0.05) is 58.0 Å². The topological polar surface area (TPSA) is 85.1 Å². The van der Waals surface area contributed by atoms with Crippen molar-refractivity contribution < 1.29 is 4.79 Å². The number of hydrogen-bond donors (Lipinski definition) is 1. The zero-order chi connectivity index (χ0) is 22.3. The van der Waals surface area contributed by atoms with Crippen molar-refractivity contribution in [1.29, 1.82) is 0 Å². The van der Waals surface area contributed by atoms with Crippen LogP contribution in [0.5, 0.6) is 0 Å². The first-order valence-corrected chi connectivity index (χ1v) is 11.5. The molecule has 2 aromatic carbocycles. The Kier molecular flexibility index (Phi) is 7.08. The molecule has 4 rings (SSSR count). The molecule has 32 heavy (non-hydrogen) atoms. The number of aromatic nitrogens is 4. The standard InChI is InChI=1S/C23H19BrN6OS/c1-16(17-11-13-25-14-12-17)26-27-21(31)15-32-23-29-28-22(18-7-9-19(24)10-8-18)30(23)20-5-3-2-4-6-20/h2-14H,15H2,1H3,(H,27,31)/b26-16+. The summed E-state index contributed by atoms with van der Waals surface area (Å²) in [5.74, 6) is 0.632. The van der Waals surface area contributed by atoms with E-state index in [0.717, 1.165) is 21.3 Å². The lowest BCUT2D eigenvalue weighted by Crippen LogP contribution is -2.21. The smallest absolute Gasteiger partial charge is 0.250 e. The molecule has 0 spiro atoms. The molecule has 0 saturated heterocycles. The third kappa shape index (κ3) is 5.30. The summed E-state index contributed by atoms with van der Waals surface area (Å²) < 4.78 is 2.94. The Morgan fingerprint density at radius 1 is 1.03 bits per heavy atom. The Hall–Kier alpha value is -3.30.